The lowest BCUT2D eigenvalue weighted by Gasteiger charge is -2.18. The Labute approximate surface area is 153 Å². The number of methoxy groups -OCH3 is 2. The van der Waals surface area contributed by atoms with Crippen molar-refractivity contribution in [2.24, 2.45) is 0 Å². The number of carbonyl (C=O) groups excluding carboxylic acids is 1. The third-order valence-corrected chi connectivity index (χ3v) is 4.42. The van der Waals surface area contributed by atoms with Gasteiger partial charge in [0.1, 0.15) is 11.5 Å². The number of anilines is 2. The van der Waals surface area contributed by atoms with E-state index < -0.39 is 0 Å². The van der Waals surface area contributed by atoms with Crippen LogP contribution in [0.15, 0.2) is 48.5 Å². The first-order chi connectivity index (χ1) is 12.7. The molecule has 1 N–H and O–H groups in total. The van der Waals surface area contributed by atoms with Crippen LogP contribution in [0.4, 0.5) is 11.4 Å². The predicted octanol–water partition coefficient (Wildman–Crippen LogP) is 2.94. The van der Waals surface area contributed by atoms with Gasteiger partial charge in [0.25, 0.3) is 5.91 Å². The van der Waals surface area contributed by atoms with Crippen LogP contribution < -0.4 is 19.7 Å². The van der Waals surface area contributed by atoms with E-state index in [1.165, 1.54) is 0 Å². The molecule has 6 heteroatoms. The maximum atomic E-state index is 12.0. The second-order valence-corrected chi connectivity index (χ2v) is 6.15. The van der Waals surface area contributed by atoms with Crippen molar-refractivity contribution in [3.8, 4) is 11.5 Å². The van der Waals surface area contributed by atoms with Gasteiger partial charge >= 0.3 is 0 Å². The molecular formula is C20H24N2O4. The Kier molecular flexibility index (Phi) is 5.96. The van der Waals surface area contributed by atoms with Crippen molar-refractivity contribution in [2.45, 2.75) is 12.5 Å². The van der Waals surface area contributed by atoms with Crippen molar-refractivity contribution in [1.82, 2.24) is 0 Å². The molecule has 26 heavy (non-hydrogen) atoms. The molecule has 138 valence electrons. The highest BCUT2D eigenvalue weighted by atomic mass is 16.5. The molecular weight excluding hydrogens is 332 g/mol. The maximum absolute atomic E-state index is 12.0. The standard InChI is InChI=1S/C20H24N2O4/c1-24-17-7-9-18(10-8-17)26-14-20(23)21-15-3-5-16(6-4-15)22-12-11-19(13-22)25-2/h3-10,19H,11-14H2,1-2H3,(H,21,23). The zero-order chi connectivity index (χ0) is 18.4. The molecule has 0 saturated carbocycles. The van der Waals surface area contributed by atoms with Crippen LogP contribution in [0.2, 0.25) is 0 Å². The SMILES string of the molecule is COc1ccc(OCC(=O)Nc2ccc(N3CCC(OC)C3)cc2)cc1. The van der Waals surface area contributed by atoms with Crippen molar-refractivity contribution < 1.29 is 19.0 Å². The first-order valence-corrected chi connectivity index (χ1v) is 8.62. The van der Waals surface area contributed by atoms with Crippen molar-refractivity contribution in [1.29, 1.82) is 0 Å². The monoisotopic (exact) mass is 356 g/mol. The topological polar surface area (TPSA) is 60.0 Å². The van der Waals surface area contributed by atoms with Gasteiger partial charge in [-0.25, -0.2) is 0 Å². The molecule has 0 spiro atoms. The molecule has 6 nitrogen and oxygen atoms in total. The minimum atomic E-state index is -0.200. The van der Waals surface area contributed by atoms with Crippen LogP contribution in [0, 0.1) is 0 Å². The minimum absolute atomic E-state index is 0.0459. The lowest BCUT2D eigenvalue weighted by atomic mass is 10.2. The molecule has 1 amide bonds. The number of benzene rings is 2. The summed E-state index contributed by atoms with van der Waals surface area (Å²) in [5.41, 5.74) is 1.89. The van der Waals surface area contributed by atoms with E-state index in [0.29, 0.717) is 11.9 Å². The van der Waals surface area contributed by atoms with Gasteiger partial charge in [-0.2, -0.15) is 0 Å². The Bertz CT molecular complexity index is 716. The summed E-state index contributed by atoms with van der Waals surface area (Å²) in [5, 5.41) is 2.84. The van der Waals surface area contributed by atoms with Crippen LogP contribution in [-0.4, -0.2) is 45.9 Å². The number of hydrogen-bond acceptors (Lipinski definition) is 5. The third kappa shape index (κ3) is 4.67. The smallest absolute Gasteiger partial charge is 0.262 e. The first-order valence-electron chi connectivity index (χ1n) is 8.62. The Morgan fingerprint density at radius 3 is 2.38 bits per heavy atom. The quantitative estimate of drug-likeness (QED) is 0.827. The Balaban J connectivity index is 1.48. The second kappa shape index (κ2) is 8.58. The average molecular weight is 356 g/mol. The van der Waals surface area contributed by atoms with Gasteiger partial charge in [-0.05, 0) is 55.0 Å². The lowest BCUT2D eigenvalue weighted by molar-refractivity contribution is -0.118. The summed E-state index contributed by atoms with van der Waals surface area (Å²) >= 11 is 0. The number of hydrogen-bond donors (Lipinski definition) is 1. The fourth-order valence-corrected chi connectivity index (χ4v) is 2.93. The van der Waals surface area contributed by atoms with E-state index in [1.54, 1.807) is 38.5 Å². The Morgan fingerprint density at radius 1 is 1.08 bits per heavy atom. The van der Waals surface area contributed by atoms with Crippen LogP contribution in [0.3, 0.4) is 0 Å². The molecule has 2 aromatic carbocycles. The highest BCUT2D eigenvalue weighted by Crippen LogP contribution is 2.23. The van der Waals surface area contributed by atoms with Crippen LogP contribution in [-0.2, 0) is 9.53 Å². The van der Waals surface area contributed by atoms with E-state index in [0.717, 1.165) is 36.6 Å². The average Bonchev–Trinajstić information content (AvgIpc) is 3.16. The summed E-state index contributed by atoms with van der Waals surface area (Å²) in [5.74, 6) is 1.17. The molecule has 0 radical (unpaired) electrons. The summed E-state index contributed by atoms with van der Waals surface area (Å²) in [6, 6.07) is 14.9. The van der Waals surface area contributed by atoms with E-state index >= 15 is 0 Å². The summed E-state index contributed by atoms with van der Waals surface area (Å²) in [4.78, 5) is 14.3. The fourth-order valence-electron chi connectivity index (χ4n) is 2.93. The second-order valence-electron chi connectivity index (χ2n) is 6.15. The molecule has 1 heterocycles. The van der Waals surface area contributed by atoms with Gasteiger partial charge in [0.05, 0.1) is 13.2 Å². The van der Waals surface area contributed by atoms with Gasteiger partial charge in [0.15, 0.2) is 6.61 Å². The van der Waals surface area contributed by atoms with Gasteiger partial charge in [-0.3, -0.25) is 4.79 Å². The molecule has 1 aliphatic rings. The first kappa shape index (κ1) is 18.1. The van der Waals surface area contributed by atoms with Crippen LogP contribution >= 0.6 is 0 Å². The highest BCUT2D eigenvalue weighted by molar-refractivity contribution is 5.92. The molecule has 0 aliphatic carbocycles. The van der Waals surface area contributed by atoms with Crippen LogP contribution in [0.25, 0.3) is 0 Å². The zero-order valence-corrected chi connectivity index (χ0v) is 15.1. The molecule has 3 rings (SSSR count). The van der Waals surface area contributed by atoms with Crippen molar-refractivity contribution in [3.63, 3.8) is 0 Å². The van der Waals surface area contributed by atoms with Gasteiger partial charge < -0.3 is 24.4 Å². The fraction of sp³-hybridized carbons (Fsp3) is 0.350. The van der Waals surface area contributed by atoms with Crippen LogP contribution in [0.1, 0.15) is 6.42 Å². The summed E-state index contributed by atoms with van der Waals surface area (Å²) in [6.45, 7) is 1.84. The number of carbonyl (C=O) groups is 1. The summed E-state index contributed by atoms with van der Waals surface area (Å²) in [7, 11) is 3.36. The Morgan fingerprint density at radius 2 is 1.77 bits per heavy atom. The molecule has 1 fully saturated rings. The van der Waals surface area contributed by atoms with Crippen LogP contribution in [0.5, 0.6) is 11.5 Å². The molecule has 1 atom stereocenters. The molecule has 2 aromatic rings. The summed E-state index contributed by atoms with van der Waals surface area (Å²) in [6.07, 6.45) is 1.34. The molecule has 0 aromatic heterocycles. The number of amides is 1. The highest BCUT2D eigenvalue weighted by Gasteiger charge is 2.22. The molecule has 1 unspecified atom stereocenters. The number of nitrogens with one attached hydrogen (secondary N) is 1. The van der Waals surface area contributed by atoms with Gasteiger partial charge in [0.2, 0.25) is 0 Å². The van der Waals surface area contributed by atoms with E-state index in [-0.39, 0.29) is 12.5 Å². The normalized spacial score (nSPS) is 16.4. The summed E-state index contributed by atoms with van der Waals surface area (Å²) < 4.78 is 16.0. The molecule has 1 aliphatic heterocycles. The lowest BCUT2D eigenvalue weighted by Crippen LogP contribution is -2.22. The zero-order valence-electron chi connectivity index (χ0n) is 15.1. The molecule has 1 saturated heterocycles. The largest absolute Gasteiger partial charge is 0.497 e. The van der Waals surface area contributed by atoms with E-state index in [2.05, 4.69) is 10.2 Å². The number of nitrogens with zero attached hydrogens (tertiary/aromatic N) is 1. The predicted molar refractivity (Wildman–Crippen MR) is 101 cm³/mol. The maximum Gasteiger partial charge on any atom is 0.262 e. The van der Waals surface area contributed by atoms with Gasteiger partial charge in [0, 0.05) is 31.6 Å². The van der Waals surface area contributed by atoms with Crippen molar-refractivity contribution >= 4 is 17.3 Å². The number of ether oxygens (including phenoxy) is 3. The van der Waals surface area contributed by atoms with E-state index in [1.807, 2.05) is 24.3 Å². The van der Waals surface area contributed by atoms with Crippen molar-refractivity contribution in [2.75, 3.05) is 44.1 Å². The Hall–Kier alpha value is -2.73. The van der Waals surface area contributed by atoms with Gasteiger partial charge in [-0.15, -0.1) is 0 Å². The molecule has 0 bridgehead atoms. The van der Waals surface area contributed by atoms with E-state index in [4.69, 9.17) is 14.2 Å². The van der Waals surface area contributed by atoms with E-state index in [9.17, 15) is 4.79 Å². The van der Waals surface area contributed by atoms with Crippen molar-refractivity contribution in [3.05, 3.63) is 48.5 Å². The third-order valence-electron chi connectivity index (χ3n) is 4.42. The number of rotatable bonds is 7. The van der Waals surface area contributed by atoms with Gasteiger partial charge in [-0.1, -0.05) is 0 Å². The minimum Gasteiger partial charge on any atom is -0.497 e.